The number of aryl methyl sites for hydroxylation is 1. The SMILES string of the molecule is Cc1ccc(C(NCCCNC(C)N)C(F)(F)F)cc1. The van der Waals surface area contributed by atoms with Crippen LogP contribution in [0.3, 0.4) is 0 Å². The summed E-state index contributed by atoms with van der Waals surface area (Å²) in [4.78, 5) is 0. The molecule has 0 aromatic heterocycles. The van der Waals surface area contributed by atoms with Crippen molar-refractivity contribution in [1.82, 2.24) is 10.6 Å². The van der Waals surface area contributed by atoms with E-state index in [2.05, 4.69) is 10.6 Å². The van der Waals surface area contributed by atoms with Crippen LogP contribution in [0.5, 0.6) is 0 Å². The number of nitrogens with two attached hydrogens (primary N) is 1. The molecule has 0 spiro atoms. The van der Waals surface area contributed by atoms with Crippen molar-refractivity contribution in [2.45, 2.75) is 38.7 Å². The zero-order valence-corrected chi connectivity index (χ0v) is 11.8. The molecule has 1 aromatic carbocycles. The Morgan fingerprint density at radius 3 is 2.15 bits per heavy atom. The van der Waals surface area contributed by atoms with Crippen molar-refractivity contribution < 1.29 is 13.2 Å². The maximum absolute atomic E-state index is 13.0. The minimum absolute atomic E-state index is 0.148. The third-order valence-electron chi connectivity index (χ3n) is 2.91. The zero-order valence-electron chi connectivity index (χ0n) is 11.8. The smallest absolute Gasteiger partial charge is 0.316 e. The average molecular weight is 289 g/mol. The van der Waals surface area contributed by atoms with Crippen molar-refractivity contribution in [3.8, 4) is 0 Å². The molecule has 114 valence electrons. The second kappa shape index (κ2) is 7.61. The first kappa shape index (κ1) is 16.9. The Labute approximate surface area is 117 Å². The van der Waals surface area contributed by atoms with Crippen LogP contribution in [0.25, 0.3) is 0 Å². The van der Waals surface area contributed by atoms with Crippen molar-refractivity contribution in [2.24, 2.45) is 5.73 Å². The zero-order chi connectivity index (χ0) is 15.2. The normalized spacial score (nSPS) is 15.1. The summed E-state index contributed by atoms with van der Waals surface area (Å²) in [5.74, 6) is 0. The van der Waals surface area contributed by atoms with Crippen LogP contribution in [0.15, 0.2) is 24.3 Å². The van der Waals surface area contributed by atoms with Crippen LogP contribution in [0, 0.1) is 6.92 Å². The number of nitrogens with one attached hydrogen (secondary N) is 2. The molecule has 0 saturated carbocycles. The molecule has 0 fully saturated rings. The molecule has 2 atom stereocenters. The van der Waals surface area contributed by atoms with Crippen LogP contribution >= 0.6 is 0 Å². The van der Waals surface area contributed by atoms with Gasteiger partial charge in [0.1, 0.15) is 6.04 Å². The van der Waals surface area contributed by atoms with Gasteiger partial charge in [-0.3, -0.25) is 0 Å². The predicted molar refractivity (Wildman–Crippen MR) is 74.2 cm³/mol. The molecule has 0 radical (unpaired) electrons. The lowest BCUT2D eigenvalue weighted by molar-refractivity contribution is -0.157. The molecule has 2 unspecified atom stereocenters. The molecule has 1 rings (SSSR count). The van der Waals surface area contributed by atoms with Gasteiger partial charge in [-0.25, -0.2) is 0 Å². The van der Waals surface area contributed by atoms with Gasteiger partial charge in [0.2, 0.25) is 0 Å². The van der Waals surface area contributed by atoms with Gasteiger partial charge in [-0.2, -0.15) is 13.2 Å². The lowest BCUT2D eigenvalue weighted by atomic mass is 10.0. The molecule has 1 aromatic rings. The number of alkyl halides is 3. The number of hydrogen-bond donors (Lipinski definition) is 3. The molecule has 6 heteroatoms. The quantitative estimate of drug-likeness (QED) is 0.534. The van der Waals surface area contributed by atoms with E-state index in [0.717, 1.165) is 5.56 Å². The van der Waals surface area contributed by atoms with Gasteiger partial charge in [-0.15, -0.1) is 0 Å². The highest BCUT2D eigenvalue weighted by Gasteiger charge is 2.40. The first-order valence-electron chi connectivity index (χ1n) is 6.66. The molecule has 20 heavy (non-hydrogen) atoms. The van der Waals surface area contributed by atoms with Gasteiger partial charge in [0, 0.05) is 0 Å². The minimum atomic E-state index is -4.30. The number of rotatable bonds is 7. The highest BCUT2D eigenvalue weighted by atomic mass is 19.4. The number of hydrogen-bond acceptors (Lipinski definition) is 3. The molecule has 4 N–H and O–H groups in total. The van der Waals surface area contributed by atoms with Gasteiger partial charge in [-0.1, -0.05) is 29.8 Å². The average Bonchev–Trinajstić information content (AvgIpc) is 2.33. The number of halogens is 3. The fraction of sp³-hybridized carbons (Fsp3) is 0.571. The van der Waals surface area contributed by atoms with Crippen LogP contribution in [0.4, 0.5) is 13.2 Å². The van der Waals surface area contributed by atoms with Crippen LogP contribution in [0.1, 0.15) is 30.5 Å². The second-order valence-corrected chi connectivity index (χ2v) is 4.94. The van der Waals surface area contributed by atoms with E-state index >= 15 is 0 Å². The standard InChI is InChI=1S/C14H22F3N3/c1-10-4-6-12(7-5-10)13(14(15,16)17)20-9-3-8-19-11(2)18/h4-7,11,13,19-20H,3,8-9,18H2,1-2H3. The minimum Gasteiger partial charge on any atom is -0.316 e. The Morgan fingerprint density at radius 1 is 1.10 bits per heavy atom. The summed E-state index contributed by atoms with van der Waals surface area (Å²) >= 11 is 0. The fourth-order valence-corrected chi connectivity index (χ4v) is 1.85. The highest BCUT2D eigenvalue weighted by molar-refractivity contribution is 5.25. The summed E-state index contributed by atoms with van der Waals surface area (Å²) in [6.07, 6.45) is -3.87. The van der Waals surface area contributed by atoms with Gasteiger partial charge in [0.25, 0.3) is 0 Å². The topological polar surface area (TPSA) is 50.1 Å². The van der Waals surface area contributed by atoms with E-state index in [-0.39, 0.29) is 18.3 Å². The molecular weight excluding hydrogens is 267 g/mol. The Balaban J connectivity index is 2.56. The summed E-state index contributed by atoms with van der Waals surface area (Å²) in [5, 5.41) is 5.53. The molecular formula is C14H22F3N3. The molecule has 0 aliphatic heterocycles. The maximum atomic E-state index is 13.0. The summed E-state index contributed by atoms with van der Waals surface area (Å²) in [6.45, 7) is 4.50. The van der Waals surface area contributed by atoms with E-state index in [1.165, 1.54) is 12.1 Å². The summed E-state index contributed by atoms with van der Waals surface area (Å²) in [6, 6.07) is 4.78. The summed E-state index contributed by atoms with van der Waals surface area (Å²) in [5.41, 5.74) is 6.68. The number of benzene rings is 1. The summed E-state index contributed by atoms with van der Waals surface area (Å²) in [7, 11) is 0. The first-order chi connectivity index (χ1) is 9.30. The highest BCUT2D eigenvalue weighted by Crippen LogP contribution is 2.32. The Kier molecular flexibility index (Phi) is 6.45. The first-order valence-corrected chi connectivity index (χ1v) is 6.66. The third kappa shape index (κ3) is 5.90. The van der Waals surface area contributed by atoms with E-state index in [4.69, 9.17) is 5.73 Å². The van der Waals surface area contributed by atoms with Crippen LogP contribution in [0.2, 0.25) is 0 Å². The fourth-order valence-electron chi connectivity index (χ4n) is 1.85. The molecule has 0 bridgehead atoms. The molecule has 0 heterocycles. The van der Waals surface area contributed by atoms with Crippen LogP contribution < -0.4 is 16.4 Å². The summed E-state index contributed by atoms with van der Waals surface area (Å²) < 4.78 is 39.1. The molecule has 0 aliphatic rings. The van der Waals surface area contributed by atoms with E-state index in [1.807, 2.05) is 6.92 Å². The van der Waals surface area contributed by atoms with Crippen LogP contribution in [-0.2, 0) is 0 Å². The predicted octanol–water partition coefficient (Wildman–Crippen LogP) is 2.47. The van der Waals surface area contributed by atoms with Gasteiger partial charge in [-0.05, 0) is 38.9 Å². The van der Waals surface area contributed by atoms with E-state index in [9.17, 15) is 13.2 Å². The van der Waals surface area contributed by atoms with E-state index in [0.29, 0.717) is 13.0 Å². The van der Waals surface area contributed by atoms with E-state index in [1.54, 1.807) is 19.1 Å². The Bertz CT molecular complexity index is 388. The van der Waals surface area contributed by atoms with Gasteiger partial charge < -0.3 is 16.4 Å². The van der Waals surface area contributed by atoms with Crippen molar-refractivity contribution in [3.05, 3.63) is 35.4 Å². The van der Waals surface area contributed by atoms with Crippen LogP contribution in [-0.4, -0.2) is 25.4 Å². The van der Waals surface area contributed by atoms with Gasteiger partial charge >= 0.3 is 6.18 Å². The lowest BCUT2D eigenvalue weighted by Crippen LogP contribution is -2.38. The van der Waals surface area contributed by atoms with Crippen molar-refractivity contribution >= 4 is 0 Å². The van der Waals surface area contributed by atoms with E-state index < -0.39 is 12.2 Å². The van der Waals surface area contributed by atoms with Gasteiger partial charge in [0.15, 0.2) is 0 Å². The van der Waals surface area contributed by atoms with Crippen molar-refractivity contribution in [3.63, 3.8) is 0 Å². The Morgan fingerprint density at radius 2 is 1.65 bits per heavy atom. The molecule has 0 aliphatic carbocycles. The lowest BCUT2D eigenvalue weighted by Gasteiger charge is -2.22. The van der Waals surface area contributed by atoms with Crippen molar-refractivity contribution in [2.75, 3.05) is 13.1 Å². The molecule has 3 nitrogen and oxygen atoms in total. The maximum Gasteiger partial charge on any atom is 0.407 e. The molecule has 0 saturated heterocycles. The second-order valence-electron chi connectivity index (χ2n) is 4.94. The Hall–Kier alpha value is -1.11. The molecule has 0 amide bonds. The van der Waals surface area contributed by atoms with Gasteiger partial charge in [0.05, 0.1) is 6.17 Å². The largest absolute Gasteiger partial charge is 0.407 e. The third-order valence-corrected chi connectivity index (χ3v) is 2.91. The van der Waals surface area contributed by atoms with Crippen molar-refractivity contribution in [1.29, 1.82) is 0 Å². The monoisotopic (exact) mass is 289 g/mol.